The number of amides is 1. The summed E-state index contributed by atoms with van der Waals surface area (Å²) in [6.07, 6.45) is 5.09. The number of ether oxygens (including phenoxy) is 1. The maximum absolute atomic E-state index is 12.3. The van der Waals surface area contributed by atoms with Gasteiger partial charge in [-0.15, -0.1) is 0 Å². The molecule has 1 heterocycles. The molecule has 33 heavy (non-hydrogen) atoms. The molecule has 0 aliphatic carbocycles. The molecule has 3 aromatic carbocycles. The van der Waals surface area contributed by atoms with Crippen molar-refractivity contribution >= 4 is 17.3 Å². The van der Waals surface area contributed by atoms with E-state index in [1.165, 1.54) is 0 Å². The van der Waals surface area contributed by atoms with Crippen molar-refractivity contribution in [1.82, 2.24) is 5.32 Å². The zero-order chi connectivity index (χ0) is 23.4. The molecule has 0 spiro atoms. The van der Waals surface area contributed by atoms with Crippen LogP contribution in [0.3, 0.4) is 0 Å². The third kappa shape index (κ3) is 4.77. The van der Waals surface area contributed by atoms with Crippen LogP contribution in [0.25, 0.3) is 5.70 Å². The fraction of sp³-hybridized carbons (Fsp3) is 0.179. The van der Waals surface area contributed by atoms with Gasteiger partial charge in [-0.1, -0.05) is 54.1 Å². The number of aromatic hydroxyl groups is 1. The first kappa shape index (κ1) is 22.2. The third-order valence-corrected chi connectivity index (χ3v) is 5.68. The van der Waals surface area contributed by atoms with E-state index in [2.05, 4.69) is 35.4 Å². The molecule has 5 heteroatoms. The van der Waals surface area contributed by atoms with E-state index >= 15 is 0 Å². The number of rotatable bonds is 6. The van der Waals surface area contributed by atoms with Crippen LogP contribution in [-0.4, -0.2) is 18.1 Å². The Labute approximate surface area is 194 Å². The van der Waals surface area contributed by atoms with Gasteiger partial charge in [0.15, 0.2) is 0 Å². The van der Waals surface area contributed by atoms with Crippen LogP contribution in [0.15, 0.2) is 84.6 Å². The molecule has 0 saturated carbocycles. The van der Waals surface area contributed by atoms with Crippen LogP contribution < -0.4 is 15.0 Å². The molecule has 168 valence electrons. The second-order valence-electron chi connectivity index (χ2n) is 8.06. The van der Waals surface area contributed by atoms with E-state index in [-0.39, 0.29) is 17.2 Å². The first-order valence-corrected chi connectivity index (χ1v) is 11.0. The number of hydrogen-bond acceptors (Lipinski definition) is 4. The van der Waals surface area contributed by atoms with E-state index in [1.807, 2.05) is 55.5 Å². The highest BCUT2D eigenvalue weighted by atomic mass is 16.5. The van der Waals surface area contributed by atoms with Gasteiger partial charge in [0, 0.05) is 24.0 Å². The Bertz CT molecular complexity index is 1230. The summed E-state index contributed by atoms with van der Waals surface area (Å²) in [5, 5.41) is 12.8. The maximum atomic E-state index is 12.3. The molecule has 0 bridgehead atoms. The van der Waals surface area contributed by atoms with Crippen molar-refractivity contribution in [3.63, 3.8) is 0 Å². The summed E-state index contributed by atoms with van der Waals surface area (Å²) >= 11 is 0. The first-order chi connectivity index (χ1) is 16.0. The highest BCUT2D eigenvalue weighted by molar-refractivity contribution is 5.98. The molecule has 0 aromatic heterocycles. The van der Waals surface area contributed by atoms with Crippen molar-refractivity contribution in [2.24, 2.45) is 0 Å². The lowest BCUT2D eigenvalue weighted by molar-refractivity contribution is 0.0960. The molecular weight excluding hydrogens is 412 g/mol. The number of nitrogens with zero attached hydrogens (tertiary/aromatic N) is 1. The van der Waals surface area contributed by atoms with Gasteiger partial charge in [-0.25, -0.2) is 0 Å². The molecule has 0 fully saturated rings. The van der Waals surface area contributed by atoms with Crippen molar-refractivity contribution in [1.29, 1.82) is 0 Å². The summed E-state index contributed by atoms with van der Waals surface area (Å²) < 4.78 is 6.26. The molecule has 0 saturated heterocycles. The molecule has 2 N–H and O–H groups in total. The van der Waals surface area contributed by atoms with Crippen LogP contribution in [0.4, 0.5) is 5.69 Å². The van der Waals surface area contributed by atoms with Gasteiger partial charge < -0.3 is 20.1 Å². The van der Waals surface area contributed by atoms with Crippen molar-refractivity contribution in [2.75, 3.05) is 11.9 Å². The summed E-state index contributed by atoms with van der Waals surface area (Å²) in [5.74, 6) is 0.409. The Morgan fingerprint density at radius 3 is 2.58 bits per heavy atom. The molecule has 1 aliphatic rings. The van der Waals surface area contributed by atoms with Gasteiger partial charge in [0.05, 0.1) is 11.3 Å². The number of benzene rings is 3. The zero-order valence-corrected chi connectivity index (χ0v) is 19.1. The van der Waals surface area contributed by atoms with E-state index in [4.69, 9.17) is 4.74 Å². The Kier molecular flexibility index (Phi) is 6.50. The average Bonchev–Trinajstić information content (AvgIpc) is 2.83. The van der Waals surface area contributed by atoms with Crippen molar-refractivity contribution < 1.29 is 14.6 Å². The van der Waals surface area contributed by atoms with Crippen molar-refractivity contribution in [2.45, 2.75) is 26.9 Å². The summed E-state index contributed by atoms with van der Waals surface area (Å²) in [5.41, 5.74) is 6.25. The topological polar surface area (TPSA) is 61.8 Å². The normalized spacial score (nSPS) is 13.2. The number of carbonyl (C=O) groups excluding carboxylic acids is 1. The van der Waals surface area contributed by atoms with Crippen LogP contribution in [0.5, 0.6) is 11.5 Å². The first-order valence-electron chi connectivity index (χ1n) is 11.0. The number of nitrogens with one attached hydrogen (secondary N) is 1. The molecule has 1 aliphatic heterocycles. The molecule has 3 aromatic rings. The Morgan fingerprint density at radius 1 is 1.03 bits per heavy atom. The van der Waals surface area contributed by atoms with Gasteiger partial charge in [-0.2, -0.15) is 0 Å². The minimum atomic E-state index is -0.332. The van der Waals surface area contributed by atoms with Crippen LogP contribution in [0.1, 0.15) is 40.4 Å². The fourth-order valence-corrected chi connectivity index (χ4v) is 3.97. The molecule has 4 rings (SSSR count). The minimum Gasteiger partial charge on any atom is -0.507 e. The zero-order valence-electron chi connectivity index (χ0n) is 19.1. The van der Waals surface area contributed by atoms with Crippen LogP contribution >= 0.6 is 0 Å². The van der Waals surface area contributed by atoms with Gasteiger partial charge in [0.25, 0.3) is 5.91 Å². The number of allylic oxidation sites excluding steroid dienone is 3. The van der Waals surface area contributed by atoms with Crippen LogP contribution in [0, 0.1) is 6.92 Å². The Balaban J connectivity index is 1.74. The van der Waals surface area contributed by atoms with Gasteiger partial charge in [-0.05, 0) is 56.2 Å². The van der Waals surface area contributed by atoms with E-state index in [0.29, 0.717) is 6.61 Å². The smallest absolute Gasteiger partial charge is 0.254 e. The van der Waals surface area contributed by atoms with E-state index in [0.717, 1.165) is 45.9 Å². The van der Waals surface area contributed by atoms with Gasteiger partial charge in [-0.3, -0.25) is 4.79 Å². The highest BCUT2D eigenvalue weighted by Gasteiger charge is 2.23. The predicted molar refractivity (Wildman–Crippen MR) is 132 cm³/mol. The second kappa shape index (κ2) is 9.65. The van der Waals surface area contributed by atoms with Gasteiger partial charge >= 0.3 is 0 Å². The number of anilines is 1. The van der Waals surface area contributed by atoms with Crippen LogP contribution in [-0.2, 0) is 6.61 Å². The molecule has 0 radical (unpaired) electrons. The van der Waals surface area contributed by atoms with Crippen molar-refractivity contribution in [3.05, 3.63) is 107 Å². The standard InChI is InChI=1S/C28H28N2O3/c1-19-12-15-27(33-18-21-9-5-4-6-10-21)23(16-19)25-11-7-8-20(2)30(25)22-13-14-26(31)24(17-22)28(32)29-3/h4-6,8-17,31H,7,18H2,1-3H3,(H,29,32). The van der Waals surface area contributed by atoms with E-state index in [1.54, 1.807) is 19.2 Å². The van der Waals surface area contributed by atoms with E-state index in [9.17, 15) is 9.90 Å². The Hall–Kier alpha value is -3.99. The number of aryl methyl sites for hydroxylation is 1. The lowest BCUT2D eigenvalue weighted by Gasteiger charge is -2.32. The molecular formula is C28H28N2O3. The van der Waals surface area contributed by atoms with Crippen molar-refractivity contribution in [3.8, 4) is 11.5 Å². The van der Waals surface area contributed by atoms with Gasteiger partial charge in [0.2, 0.25) is 0 Å². The minimum absolute atomic E-state index is 0.0512. The van der Waals surface area contributed by atoms with Crippen LogP contribution in [0.2, 0.25) is 0 Å². The number of carbonyl (C=O) groups is 1. The SMILES string of the molecule is CNC(=O)c1cc(N2C(C)=CCC=C2c2cc(C)ccc2OCc2ccccc2)ccc1O. The van der Waals surface area contributed by atoms with E-state index < -0.39 is 0 Å². The molecule has 0 atom stereocenters. The summed E-state index contributed by atoms with van der Waals surface area (Å²) in [6, 6.07) is 21.4. The molecule has 0 unspecified atom stereocenters. The second-order valence-corrected chi connectivity index (χ2v) is 8.06. The maximum Gasteiger partial charge on any atom is 0.254 e. The lowest BCUT2D eigenvalue weighted by Crippen LogP contribution is -2.23. The monoisotopic (exact) mass is 440 g/mol. The number of hydrogen-bond donors (Lipinski definition) is 2. The fourth-order valence-electron chi connectivity index (χ4n) is 3.97. The summed E-state index contributed by atoms with van der Waals surface area (Å²) in [6.45, 7) is 4.57. The number of phenols is 1. The molecule has 5 nitrogen and oxygen atoms in total. The lowest BCUT2D eigenvalue weighted by atomic mass is 10.0. The molecule has 1 amide bonds. The third-order valence-electron chi connectivity index (χ3n) is 5.68. The Morgan fingerprint density at radius 2 is 1.82 bits per heavy atom. The number of phenolic OH excluding ortho intramolecular Hbond substituents is 1. The summed E-state index contributed by atoms with van der Waals surface area (Å²) in [7, 11) is 1.55. The predicted octanol–water partition coefficient (Wildman–Crippen LogP) is 5.79. The highest BCUT2D eigenvalue weighted by Crippen LogP contribution is 2.39. The summed E-state index contributed by atoms with van der Waals surface area (Å²) in [4.78, 5) is 14.4. The average molecular weight is 441 g/mol. The quantitative estimate of drug-likeness (QED) is 0.509. The largest absolute Gasteiger partial charge is 0.507 e. The van der Waals surface area contributed by atoms with Gasteiger partial charge in [0.1, 0.15) is 18.1 Å².